The van der Waals surface area contributed by atoms with E-state index < -0.39 is 6.03 Å². The van der Waals surface area contributed by atoms with Crippen molar-refractivity contribution in [2.45, 2.75) is 31.8 Å². The molecule has 0 radical (unpaired) electrons. The Morgan fingerprint density at radius 2 is 2.25 bits per heavy atom. The lowest BCUT2D eigenvalue weighted by molar-refractivity contribution is 0.0903. The lowest BCUT2D eigenvalue weighted by Crippen LogP contribution is -2.40. The highest BCUT2D eigenvalue weighted by atomic mass is 16.5. The number of amides is 2. The van der Waals surface area contributed by atoms with Crippen molar-refractivity contribution in [1.82, 2.24) is 14.9 Å². The first-order valence-corrected chi connectivity index (χ1v) is 6.96. The van der Waals surface area contributed by atoms with E-state index in [1.54, 1.807) is 4.90 Å². The average Bonchev–Trinajstić information content (AvgIpc) is 2.47. The van der Waals surface area contributed by atoms with Crippen LogP contribution in [-0.4, -0.2) is 46.7 Å². The van der Waals surface area contributed by atoms with Gasteiger partial charge in [-0.3, -0.25) is 0 Å². The number of rotatable bonds is 2. The van der Waals surface area contributed by atoms with Crippen molar-refractivity contribution in [2.75, 3.05) is 25.1 Å². The van der Waals surface area contributed by atoms with Crippen LogP contribution in [0.15, 0.2) is 6.20 Å². The van der Waals surface area contributed by atoms with Gasteiger partial charge in [0.1, 0.15) is 0 Å². The van der Waals surface area contributed by atoms with Crippen LogP contribution in [0.4, 0.5) is 10.7 Å². The normalized spacial score (nSPS) is 19.5. The van der Waals surface area contributed by atoms with Crippen molar-refractivity contribution < 1.29 is 9.53 Å². The third-order valence-corrected chi connectivity index (χ3v) is 3.81. The SMILES string of the molecule is NC(=O)N1CCc2cnc(NC3CCOCC3)nc2C1. The molecule has 0 bridgehead atoms. The third kappa shape index (κ3) is 2.82. The Hall–Kier alpha value is -1.89. The fourth-order valence-electron chi connectivity index (χ4n) is 2.59. The molecule has 7 heteroatoms. The molecule has 1 aromatic heterocycles. The number of hydrogen-bond acceptors (Lipinski definition) is 5. The van der Waals surface area contributed by atoms with Gasteiger partial charge < -0.3 is 20.7 Å². The molecule has 7 nitrogen and oxygen atoms in total. The molecular weight excluding hydrogens is 258 g/mol. The van der Waals surface area contributed by atoms with Crippen molar-refractivity contribution in [1.29, 1.82) is 0 Å². The summed E-state index contributed by atoms with van der Waals surface area (Å²) in [7, 11) is 0. The van der Waals surface area contributed by atoms with Gasteiger partial charge in [-0.05, 0) is 24.8 Å². The summed E-state index contributed by atoms with van der Waals surface area (Å²) in [5.41, 5.74) is 7.31. The van der Waals surface area contributed by atoms with E-state index in [0.29, 0.717) is 25.1 Å². The maximum Gasteiger partial charge on any atom is 0.315 e. The average molecular weight is 277 g/mol. The maximum absolute atomic E-state index is 11.2. The van der Waals surface area contributed by atoms with Gasteiger partial charge in [-0.1, -0.05) is 0 Å². The number of carbonyl (C=O) groups excluding carboxylic acids is 1. The van der Waals surface area contributed by atoms with E-state index in [-0.39, 0.29) is 0 Å². The van der Waals surface area contributed by atoms with E-state index in [1.807, 2.05) is 6.20 Å². The van der Waals surface area contributed by atoms with Gasteiger partial charge in [-0.25, -0.2) is 14.8 Å². The zero-order valence-electron chi connectivity index (χ0n) is 11.3. The van der Waals surface area contributed by atoms with Gasteiger partial charge in [-0.15, -0.1) is 0 Å². The van der Waals surface area contributed by atoms with Crippen molar-refractivity contribution in [3.63, 3.8) is 0 Å². The van der Waals surface area contributed by atoms with E-state index >= 15 is 0 Å². The Labute approximate surface area is 117 Å². The van der Waals surface area contributed by atoms with Crippen molar-refractivity contribution >= 4 is 12.0 Å². The van der Waals surface area contributed by atoms with E-state index in [4.69, 9.17) is 10.5 Å². The van der Waals surface area contributed by atoms with Crippen LogP contribution in [0.25, 0.3) is 0 Å². The summed E-state index contributed by atoms with van der Waals surface area (Å²) in [6, 6.07) is -0.0363. The van der Waals surface area contributed by atoms with Crippen molar-refractivity contribution in [3.05, 3.63) is 17.5 Å². The topological polar surface area (TPSA) is 93.4 Å². The summed E-state index contributed by atoms with van der Waals surface area (Å²) in [4.78, 5) is 21.7. The first-order valence-electron chi connectivity index (χ1n) is 6.96. The summed E-state index contributed by atoms with van der Waals surface area (Å²) < 4.78 is 5.33. The van der Waals surface area contributed by atoms with E-state index in [9.17, 15) is 4.79 Å². The molecule has 2 amide bonds. The van der Waals surface area contributed by atoms with Crippen molar-refractivity contribution in [2.24, 2.45) is 5.73 Å². The highest BCUT2D eigenvalue weighted by Gasteiger charge is 2.21. The number of nitrogens with one attached hydrogen (secondary N) is 1. The number of aromatic nitrogens is 2. The molecule has 0 saturated carbocycles. The predicted octanol–water partition coefficient (Wildman–Crippen LogP) is 0.504. The van der Waals surface area contributed by atoms with Crippen LogP contribution in [0, 0.1) is 0 Å². The van der Waals surface area contributed by atoms with Crippen LogP contribution >= 0.6 is 0 Å². The van der Waals surface area contributed by atoms with Gasteiger partial charge in [0.15, 0.2) is 0 Å². The van der Waals surface area contributed by atoms with Crippen LogP contribution in [0.5, 0.6) is 0 Å². The molecule has 3 rings (SSSR count). The van der Waals surface area contributed by atoms with E-state index in [1.165, 1.54) is 0 Å². The van der Waals surface area contributed by atoms with Crippen LogP contribution in [-0.2, 0) is 17.7 Å². The second-order valence-electron chi connectivity index (χ2n) is 5.21. The second-order valence-corrected chi connectivity index (χ2v) is 5.21. The Kier molecular flexibility index (Phi) is 3.68. The number of carbonyl (C=O) groups is 1. The summed E-state index contributed by atoms with van der Waals surface area (Å²) >= 11 is 0. The number of fused-ring (bicyclic) bond motifs is 1. The number of nitrogens with zero attached hydrogens (tertiary/aromatic N) is 3. The number of ether oxygens (including phenoxy) is 1. The molecule has 1 aromatic rings. The lowest BCUT2D eigenvalue weighted by atomic mass is 10.1. The van der Waals surface area contributed by atoms with Gasteiger partial charge in [-0.2, -0.15) is 0 Å². The first-order chi connectivity index (χ1) is 9.72. The fourth-order valence-corrected chi connectivity index (χ4v) is 2.59. The number of urea groups is 1. The molecular formula is C13H19N5O2. The highest BCUT2D eigenvalue weighted by Crippen LogP contribution is 2.18. The Morgan fingerprint density at radius 1 is 1.45 bits per heavy atom. The van der Waals surface area contributed by atoms with Crippen LogP contribution in [0.2, 0.25) is 0 Å². The minimum absolute atomic E-state index is 0.359. The molecule has 0 atom stereocenters. The minimum Gasteiger partial charge on any atom is -0.381 e. The predicted molar refractivity (Wildman–Crippen MR) is 73.2 cm³/mol. The summed E-state index contributed by atoms with van der Waals surface area (Å²) in [5, 5.41) is 3.34. The second kappa shape index (κ2) is 5.62. The number of primary amides is 1. The summed E-state index contributed by atoms with van der Waals surface area (Å²) in [5.74, 6) is 0.627. The molecule has 0 aromatic carbocycles. The monoisotopic (exact) mass is 277 g/mol. The third-order valence-electron chi connectivity index (χ3n) is 3.81. The van der Waals surface area contributed by atoms with Gasteiger partial charge >= 0.3 is 6.03 Å². The molecule has 0 unspecified atom stereocenters. The molecule has 2 aliphatic rings. The number of anilines is 1. The Bertz CT molecular complexity index is 502. The van der Waals surface area contributed by atoms with Crippen molar-refractivity contribution in [3.8, 4) is 0 Å². The summed E-state index contributed by atoms with van der Waals surface area (Å²) in [6.45, 7) is 2.66. The maximum atomic E-state index is 11.2. The van der Waals surface area contributed by atoms with E-state index in [2.05, 4.69) is 15.3 Å². The Balaban J connectivity index is 1.71. The largest absolute Gasteiger partial charge is 0.381 e. The molecule has 1 fully saturated rings. The molecule has 20 heavy (non-hydrogen) atoms. The minimum atomic E-state index is -0.395. The Morgan fingerprint density at radius 3 is 3.00 bits per heavy atom. The van der Waals surface area contributed by atoms with Gasteiger partial charge in [0.05, 0.1) is 12.2 Å². The fraction of sp³-hybridized carbons (Fsp3) is 0.615. The molecule has 1 saturated heterocycles. The van der Waals surface area contributed by atoms with Crippen LogP contribution in [0.1, 0.15) is 24.1 Å². The molecule has 0 spiro atoms. The smallest absolute Gasteiger partial charge is 0.315 e. The standard InChI is InChI=1S/C13H19N5O2/c14-12(19)18-4-1-9-7-15-13(17-11(9)8-18)16-10-2-5-20-6-3-10/h7,10H,1-6,8H2,(H2,14,19)(H,15,16,17). The number of nitrogens with two attached hydrogens (primary N) is 1. The molecule has 3 N–H and O–H groups in total. The molecule has 0 aliphatic carbocycles. The van der Waals surface area contributed by atoms with Crippen LogP contribution < -0.4 is 11.1 Å². The van der Waals surface area contributed by atoms with E-state index in [0.717, 1.165) is 43.7 Å². The molecule has 3 heterocycles. The van der Waals surface area contributed by atoms with Gasteiger partial charge in [0.25, 0.3) is 0 Å². The first kappa shape index (κ1) is 13.1. The van der Waals surface area contributed by atoms with Crippen LogP contribution in [0.3, 0.4) is 0 Å². The zero-order valence-corrected chi connectivity index (χ0v) is 11.3. The van der Waals surface area contributed by atoms with Gasteiger partial charge in [0.2, 0.25) is 5.95 Å². The lowest BCUT2D eigenvalue weighted by Gasteiger charge is -2.27. The molecule has 108 valence electrons. The molecule has 2 aliphatic heterocycles. The highest BCUT2D eigenvalue weighted by molar-refractivity contribution is 5.72. The zero-order chi connectivity index (χ0) is 13.9. The van der Waals surface area contributed by atoms with Gasteiger partial charge in [0, 0.05) is 32.0 Å². The quantitative estimate of drug-likeness (QED) is 0.821. The number of hydrogen-bond donors (Lipinski definition) is 2. The summed E-state index contributed by atoms with van der Waals surface area (Å²) in [6.07, 6.45) is 4.54.